The zero-order valence-electron chi connectivity index (χ0n) is 17.3. The summed E-state index contributed by atoms with van der Waals surface area (Å²) in [6, 6.07) is 3.75. The van der Waals surface area contributed by atoms with Crippen LogP contribution < -0.4 is 11.5 Å². The Kier molecular flexibility index (Phi) is 7.57. The van der Waals surface area contributed by atoms with Crippen molar-refractivity contribution in [2.45, 2.75) is 50.2 Å². The van der Waals surface area contributed by atoms with Gasteiger partial charge in [-0.15, -0.1) is 12.4 Å². The van der Waals surface area contributed by atoms with Crippen molar-refractivity contribution in [3.8, 4) is 0 Å². The Morgan fingerprint density at radius 2 is 1.97 bits per heavy atom. The van der Waals surface area contributed by atoms with Crippen molar-refractivity contribution in [3.05, 3.63) is 28.9 Å². The van der Waals surface area contributed by atoms with Crippen LogP contribution in [0.1, 0.15) is 33.6 Å². The second-order valence-electron chi connectivity index (χ2n) is 7.98. The summed E-state index contributed by atoms with van der Waals surface area (Å²) in [5.41, 5.74) is 10.3. The zero-order chi connectivity index (χ0) is 22.3. The summed E-state index contributed by atoms with van der Waals surface area (Å²) < 4.78 is 34.1. The number of halogens is 2. The number of hydrogen-bond donors (Lipinski definition) is 2. The van der Waals surface area contributed by atoms with Gasteiger partial charge in [0.15, 0.2) is 11.8 Å². The van der Waals surface area contributed by atoms with Crippen LogP contribution in [0.3, 0.4) is 0 Å². The predicted molar refractivity (Wildman–Crippen MR) is 125 cm³/mol. The van der Waals surface area contributed by atoms with Crippen LogP contribution in [-0.4, -0.2) is 47.8 Å². The fourth-order valence-electron chi connectivity index (χ4n) is 3.31. The third-order valence-electron chi connectivity index (χ3n) is 4.51. The zero-order valence-corrected chi connectivity index (χ0v) is 20.6. The van der Waals surface area contributed by atoms with Crippen molar-refractivity contribution in [1.29, 1.82) is 0 Å². The van der Waals surface area contributed by atoms with Gasteiger partial charge in [0.25, 0.3) is 0 Å². The lowest BCUT2D eigenvalue weighted by molar-refractivity contribution is -0.158. The molecule has 0 saturated carbocycles. The normalized spacial score (nSPS) is 17.2. The second kappa shape index (κ2) is 9.27. The first kappa shape index (κ1) is 25.3. The van der Waals surface area contributed by atoms with Crippen LogP contribution in [0.25, 0.3) is 10.8 Å². The van der Waals surface area contributed by atoms with Crippen molar-refractivity contribution in [2.24, 2.45) is 16.5 Å². The van der Waals surface area contributed by atoms with Crippen molar-refractivity contribution in [1.82, 2.24) is 9.29 Å². The quantitative estimate of drug-likeness (QED) is 0.349. The molecule has 0 amide bonds. The van der Waals surface area contributed by atoms with Crippen LogP contribution in [-0.2, 0) is 19.6 Å². The molecule has 31 heavy (non-hydrogen) atoms. The summed E-state index contributed by atoms with van der Waals surface area (Å²) in [5.74, 6) is -0.533. The minimum absolute atomic E-state index is 0. The highest BCUT2D eigenvalue weighted by molar-refractivity contribution is 9.10. The summed E-state index contributed by atoms with van der Waals surface area (Å²) in [5, 5.41) is 1.17. The van der Waals surface area contributed by atoms with Gasteiger partial charge in [0.1, 0.15) is 11.6 Å². The van der Waals surface area contributed by atoms with E-state index in [0.717, 1.165) is 0 Å². The molecular weight excluding hydrogens is 510 g/mol. The van der Waals surface area contributed by atoms with Crippen molar-refractivity contribution < 1.29 is 17.9 Å². The number of nitrogens with two attached hydrogens (primary N) is 2. The summed E-state index contributed by atoms with van der Waals surface area (Å²) in [6.45, 7) is 5.48. The highest BCUT2D eigenvalue weighted by Gasteiger charge is 2.41. The number of ether oxygens (including phenoxy) is 1. The van der Waals surface area contributed by atoms with Crippen molar-refractivity contribution in [2.75, 3.05) is 6.54 Å². The van der Waals surface area contributed by atoms with Crippen LogP contribution in [0.2, 0.25) is 0 Å². The van der Waals surface area contributed by atoms with Gasteiger partial charge in [0, 0.05) is 28.0 Å². The highest BCUT2D eigenvalue weighted by Crippen LogP contribution is 2.34. The molecule has 0 aliphatic carbocycles. The maximum atomic E-state index is 13.4. The van der Waals surface area contributed by atoms with Gasteiger partial charge in [-0.25, -0.2) is 13.4 Å². The number of carbonyl (C=O) groups is 1. The first-order valence-corrected chi connectivity index (χ1v) is 11.6. The Labute approximate surface area is 195 Å². The molecule has 4 N–H and O–H groups in total. The van der Waals surface area contributed by atoms with Gasteiger partial charge in [-0.3, -0.25) is 4.79 Å². The van der Waals surface area contributed by atoms with Gasteiger partial charge in [0.2, 0.25) is 10.0 Å². The molecule has 1 aliphatic heterocycles. The number of fused-ring (bicyclic) bond motifs is 1. The summed E-state index contributed by atoms with van der Waals surface area (Å²) >= 11 is 3.40. The highest BCUT2D eigenvalue weighted by atomic mass is 79.9. The number of benzene rings is 1. The summed E-state index contributed by atoms with van der Waals surface area (Å²) in [7, 11) is -3.96. The molecule has 2 aromatic rings. The number of carbonyl (C=O) groups excluding carboxylic acids is 1. The van der Waals surface area contributed by atoms with Crippen LogP contribution in [0.5, 0.6) is 0 Å². The predicted octanol–water partition coefficient (Wildman–Crippen LogP) is 2.82. The molecule has 1 aliphatic rings. The maximum Gasteiger partial charge on any atom is 0.324 e. The molecular formula is C19H25BrClN5O4S. The van der Waals surface area contributed by atoms with E-state index in [0.29, 0.717) is 28.1 Å². The molecule has 0 unspecified atom stereocenters. The van der Waals surface area contributed by atoms with Gasteiger partial charge >= 0.3 is 5.97 Å². The first-order valence-electron chi connectivity index (χ1n) is 9.33. The number of nitrogens with zero attached hydrogens (tertiary/aromatic N) is 3. The van der Waals surface area contributed by atoms with E-state index in [2.05, 4.69) is 25.9 Å². The third-order valence-corrected chi connectivity index (χ3v) is 7.05. The standard InChI is InChI=1S/C19H24BrN5O4S.ClH/c1-19(2,3)29-17(26)15-5-4-8-25(15)30(27,28)11-6-7-12-13(9-11)16(24-18(21)22)23-10-14(12)20;/h6-7,9-10,15H,4-5,8H2,1-3H3,(H4,21,22,23,24);1H/t15-;/m1./s1. The average Bonchev–Trinajstić information content (AvgIpc) is 3.13. The summed E-state index contributed by atoms with van der Waals surface area (Å²) in [4.78, 5) is 20.8. The van der Waals surface area contributed by atoms with E-state index < -0.39 is 27.6 Å². The fraction of sp³-hybridized carbons (Fsp3) is 0.421. The van der Waals surface area contributed by atoms with Crippen LogP contribution in [0, 0.1) is 0 Å². The Morgan fingerprint density at radius 1 is 1.29 bits per heavy atom. The minimum atomic E-state index is -3.96. The van der Waals surface area contributed by atoms with E-state index >= 15 is 0 Å². The van der Waals surface area contributed by atoms with Crippen LogP contribution in [0.4, 0.5) is 5.82 Å². The molecule has 0 radical (unpaired) electrons. The fourth-order valence-corrected chi connectivity index (χ4v) is 5.44. The van der Waals surface area contributed by atoms with E-state index in [1.165, 1.54) is 22.6 Å². The molecule has 170 valence electrons. The monoisotopic (exact) mass is 533 g/mol. The molecule has 1 atom stereocenters. The van der Waals surface area contributed by atoms with E-state index in [-0.39, 0.29) is 35.6 Å². The number of aliphatic imine (C=N–C) groups is 1. The molecule has 2 heterocycles. The van der Waals surface area contributed by atoms with Crippen molar-refractivity contribution in [3.63, 3.8) is 0 Å². The smallest absolute Gasteiger partial charge is 0.324 e. The Balaban J connectivity index is 0.00000341. The Morgan fingerprint density at radius 3 is 2.58 bits per heavy atom. The van der Waals surface area contributed by atoms with E-state index in [4.69, 9.17) is 16.2 Å². The molecule has 0 bridgehead atoms. The number of sulfonamides is 1. The number of pyridine rings is 1. The van der Waals surface area contributed by atoms with Crippen molar-refractivity contribution >= 4 is 66.9 Å². The number of hydrogen-bond acceptors (Lipinski definition) is 6. The van der Waals surface area contributed by atoms with Gasteiger partial charge in [-0.1, -0.05) is 6.07 Å². The molecule has 9 nitrogen and oxygen atoms in total. The van der Waals surface area contributed by atoms with Gasteiger partial charge in [0.05, 0.1) is 4.90 Å². The minimum Gasteiger partial charge on any atom is -0.459 e. The molecule has 1 aromatic heterocycles. The molecule has 1 fully saturated rings. The molecule has 3 rings (SSSR count). The average molecular weight is 535 g/mol. The maximum absolute atomic E-state index is 13.4. The lowest BCUT2D eigenvalue weighted by atomic mass is 10.1. The number of esters is 1. The number of aromatic nitrogens is 1. The van der Waals surface area contributed by atoms with Gasteiger partial charge in [-0.05, 0) is 61.7 Å². The largest absolute Gasteiger partial charge is 0.459 e. The molecule has 0 spiro atoms. The van der Waals surface area contributed by atoms with E-state index in [9.17, 15) is 13.2 Å². The molecule has 12 heteroatoms. The molecule has 1 saturated heterocycles. The second-order valence-corrected chi connectivity index (χ2v) is 10.7. The SMILES string of the molecule is CC(C)(C)OC(=O)[C@H]1CCCN1S(=O)(=O)c1ccc2c(Br)cnc(N=C(N)N)c2c1.Cl. The number of rotatable bonds is 4. The molecule has 1 aromatic carbocycles. The lowest BCUT2D eigenvalue weighted by Gasteiger charge is -2.27. The topological polar surface area (TPSA) is 141 Å². The van der Waals surface area contributed by atoms with E-state index in [1.54, 1.807) is 26.8 Å². The Bertz CT molecular complexity index is 1130. The van der Waals surface area contributed by atoms with Crippen LogP contribution >= 0.6 is 28.3 Å². The Hall–Kier alpha value is -1.95. The first-order chi connectivity index (χ1) is 13.9. The van der Waals surface area contributed by atoms with E-state index in [1.807, 2.05) is 0 Å². The van der Waals surface area contributed by atoms with Gasteiger partial charge in [-0.2, -0.15) is 9.30 Å². The van der Waals surface area contributed by atoms with Gasteiger partial charge < -0.3 is 16.2 Å². The number of guanidine groups is 1. The van der Waals surface area contributed by atoms with Crippen LogP contribution in [0.15, 0.2) is 38.8 Å². The third kappa shape index (κ3) is 5.46. The summed E-state index contributed by atoms with van der Waals surface area (Å²) in [6.07, 6.45) is 2.52. The lowest BCUT2D eigenvalue weighted by Crippen LogP contribution is -2.43.